The molecule has 9 nitrogen and oxygen atoms in total. The van der Waals surface area contributed by atoms with E-state index in [1.165, 1.54) is 19.2 Å². The van der Waals surface area contributed by atoms with Crippen LogP contribution >= 0.6 is 0 Å². The zero-order chi connectivity index (χ0) is 27.0. The number of nitrogens with zero attached hydrogens (tertiary/aromatic N) is 5. The SMILES string of the molecule is COc1ccc(-c2nc(C(=O)N3CCN(c4ccccn4)CC3)c([C@H](C)N)o2)c2ccc(C(F)(F)F)nc12. The molecule has 4 heterocycles. The molecule has 0 unspecified atom stereocenters. The van der Waals surface area contributed by atoms with Crippen molar-refractivity contribution in [3.05, 3.63) is 65.8 Å². The number of aromatic nitrogens is 3. The molecule has 5 rings (SSSR count). The second-order valence-electron chi connectivity index (χ2n) is 8.89. The van der Waals surface area contributed by atoms with Crippen LogP contribution in [0.15, 0.2) is 53.1 Å². The molecule has 1 amide bonds. The van der Waals surface area contributed by atoms with Gasteiger partial charge in [-0.25, -0.2) is 15.0 Å². The highest BCUT2D eigenvalue weighted by Gasteiger charge is 2.34. The Bertz CT molecular complexity index is 1460. The Labute approximate surface area is 216 Å². The molecule has 198 valence electrons. The van der Waals surface area contributed by atoms with E-state index >= 15 is 0 Å². The van der Waals surface area contributed by atoms with E-state index in [9.17, 15) is 18.0 Å². The first-order valence-corrected chi connectivity index (χ1v) is 11.9. The number of ether oxygens (including phenoxy) is 1. The molecule has 2 N–H and O–H groups in total. The van der Waals surface area contributed by atoms with E-state index in [-0.39, 0.29) is 34.5 Å². The van der Waals surface area contributed by atoms with Gasteiger partial charge in [-0.05, 0) is 43.3 Å². The van der Waals surface area contributed by atoms with Gasteiger partial charge in [0.1, 0.15) is 22.8 Å². The van der Waals surface area contributed by atoms with Gasteiger partial charge < -0.3 is 24.7 Å². The van der Waals surface area contributed by atoms with Gasteiger partial charge in [-0.2, -0.15) is 13.2 Å². The average Bonchev–Trinajstić information content (AvgIpc) is 3.37. The van der Waals surface area contributed by atoms with Crippen molar-refractivity contribution < 1.29 is 27.1 Å². The Morgan fingerprint density at radius 2 is 1.84 bits per heavy atom. The lowest BCUT2D eigenvalue weighted by atomic mass is 10.1. The summed E-state index contributed by atoms with van der Waals surface area (Å²) in [6.45, 7) is 3.76. The number of rotatable bonds is 5. The Morgan fingerprint density at radius 1 is 1.08 bits per heavy atom. The summed E-state index contributed by atoms with van der Waals surface area (Å²) in [7, 11) is 1.35. The predicted molar refractivity (Wildman–Crippen MR) is 134 cm³/mol. The van der Waals surface area contributed by atoms with E-state index in [1.54, 1.807) is 24.1 Å². The molecule has 4 aromatic rings. The Balaban J connectivity index is 1.48. The number of piperazine rings is 1. The van der Waals surface area contributed by atoms with Crippen LogP contribution in [-0.2, 0) is 6.18 Å². The van der Waals surface area contributed by atoms with Gasteiger partial charge in [0.2, 0.25) is 5.89 Å². The van der Waals surface area contributed by atoms with E-state index in [1.807, 2.05) is 18.2 Å². The van der Waals surface area contributed by atoms with E-state index in [0.717, 1.165) is 11.9 Å². The second-order valence-corrected chi connectivity index (χ2v) is 8.89. The molecule has 0 bridgehead atoms. The number of oxazole rings is 1. The van der Waals surface area contributed by atoms with Crippen molar-refractivity contribution in [2.24, 2.45) is 5.73 Å². The summed E-state index contributed by atoms with van der Waals surface area (Å²) in [5, 5.41) is 0.331. The van der Waals surface area contributed by atoms with E-state index in [0.29, 0.717) is 37.1 Å². The lowest BCUT2D eigenvalue weighted by Gasteiger charge is -2.35. The largest absolute Gasteiger partial charge is 0.494 e. The monoisotopic (exact) mass is 526 g/mol. The van der Waals surface area contributed by atoms with E-state index in [2.05, 4.69) is 19.9 Å². The molecular weight excluding hydrogens is 501 g/mol. The Morgan fingerprint density at radius 3 is 2.47 bits per heavy atom. The fourth-order valence-electron chi connectivity index (χ4n) is 4.44. The fourth-order valence-corrected chi connectivity index (χ4v) is 4.44. The second kappa shape index (κ2) is 9.93. The standard InChI is InChI=1S/C26H25F3N6O3/c1-15(30)23-22(25(36)35-13-11-34(12-14-35)20-5-3-4-10-31-20)33-24(38-23)17-6-8-18(37-2)21-16(17)7-9-19(32-21)26(27,28)29/h3-10,15H,11-14,30H2,1-2H3/t15-/m0/s1. The minimum absolute atomic E-state index is 0.00103. The van der Waals surface area contributed by atoms with Crippen molar-refractivity contribution >= 4 is 22.6 Å². The van der Waals surface area contributed by atoms with Gasteiger partial charge in [0, 0.05) is 43.3 Å². The van der Waals surface area contributed by atoms with E-state index in [4.69, 9.17) is 14.9 Å². The summed E-state index contributed by atoms with van der Waals surface area (Å²) in [5.74, 6) is 0.926. The van der Waals surface area contributed by atoms with Crippen LogP contribution in [0.4, 0.5) is 19.0 Å². The van der Waals surface area contributed by atoms with Gasteiger partial charge in [-0.15, -0.1) is 0 Å². The van der Waals surface area contributed by atoms with Crippen LogP contribution in [0.5, 0.6) is 5.75 Å². The summed E-state index contributed by atoms with van der Waals surface area (Å²) in [4.78, 5) is 29.9. The van der Waals surface area contributed by atoms with Gasteiger partial charge in [0.25, 0.3) is 5.91 Å². The average molecular weight is 527 g/mol. The molecule has 0 spiro atoms. The normalized spacial score (nSPS) is 15.1. The quantitative estimate of drug-likeness (QED) is 0.410. The summed E-state index contributed by atoms with van der Waals surface area (Å²) in [5.41, 5.74) is 5.50. The fraction of sp³-hybridized carbons (Fsp3) is 0.308. The molecule has 1 saturated heterocycles. The molecule has 1 aliphatic heterocycles. The third-order valence-electron chi connectivity index (χ3n) is 6.37. The van der Waals surface area contributed by atoms with E-state index < -0.39 is 17.9 Å². The van der Waals surface area contributed by atoms with Crippen LogP contribution in [0, 0.1) is 0 Å². The third kappa shape index (κ3) is 4.74. The Hall–Kier alpha value is -4.19. The zero-order valence-corrected chi connectivity index (χ0v) is 20.7. The molecule has 0 aliphatic carbocycles. The number of fused-ring (bicyclic) bond motifs is 1. The number of methoxy groups -OCH3 is 1. The number of halogens is 3. The van der Waals surface area contributed by atoms with Crippen LogP contribution in [0.1, 0.15) is 34.9 Å². The zero-order valence-electron chi connectivity index (χ0n) is 20.7. The van der Waals surface area contributed by atoms with Crippen molar-refractivity contribution in [1.82, 2.24) is 19.9 Å². The number of hydrogen-bond acceptors (Lipinski definition) is 8. The maximum atomic E-state index is 13.5. The number of carbonyl (C=O) groups excluding carboxylic acids is 1. The van der Waals surface area contributed by atoms with Crippen LogP contribution < -0.4 is 15.4 Å². The van der Waals surface area contributed by atoms with Crippen molar-refractivity contribution in [2.45, 2.75) is 19.1 Å². The van der Waals surface area contributed by atoms with Crippen molar-refractivity contribution in [2.75, 3.05) is 38.2 Å². The summed E-state index contributed by atoms with van der Waals surface area (Å²) < 4.78 is 51.1. The molecule has 0 saturated carbocycles. The third-order valence-corrected chi connectivity index (χ3v) is 6.37. The molecule has 3 aromatic heterocycles. The molecule has 12 heteroatoms. The van der Waals surface area contributed by atoms with Gasteiger partial charge in [-0.1, -0.05) is 6.07 Å². The summed E-state index contributed by atoms with van der Waals surface area (Å²) in [6, 6.07) is 10.3. The number of alkyl halides is 3. The molecule has 0 radical (unpaired) electrons. The van der Waals surface area contributed by atoms with Gasteiger partial charge in [0.15, 0.2) is 11.5 Å². The minimum Gasteiger partial charge on any atom is -0.494 e. The number of carbonyl (C=O) groups is 1. The number of benzene rings is 1. The molecule has 1 aliphatic rings. The lowest BCUT2D eigenvalue weighted by Crippen LogP contribution is -2.49. The first kappa shape index (κ1) is 25.5. The number of pyridine rings is 2. The van der Waals surface area contributed by atoms with Crippen LogP contribution in [0.3, 0.4) is 0 Å². The maximum absolute atomic E-state index is 13.5. The number of anilines is 1. The highest BCUT2D eigenvalue weighted by atomic mass is 19.4. The minimum atomic E-state index is -4.62. The first-order valence-electron chi connectivity index (χ1n) is 11.9. The van der Waals surface area contributed by atoms with Crippen LogP contribution in [0.25, 0.3) is 22.4 Å². The summed E-state index contributed by atoms with van der Waals surface area (Å²) in [6.07, 6.45) is -2.90. The van der Waals surface area contributed by atoms with Crippen molar-refractivity contribution in [3.63, 3.8) is 0 Å². The van der Waals surface area contributed by atoms with Gasteiger partial charge >= 0.3 is 6.18 Å². The molecule has 38 heavy (non-hydrogen) atoms. The maximum Gasteiger partial charge on any atom is 0.433 e. The number of nitrogens with two attached hydrogens (primary N) is 1. The lowest BCUT2D eigenvalue weighted by molar-refractivity contribution is -0.140. The van der Waals surface area contributed by atoms with Gasteiger partial charge in [-0.3, -0.25) is 4.79 Å². The van der Waals surface area contributed by atoms with Crippen LogP contribution in [-0.4, -0.2) is 59.0 Å². The Kier molecular flexibility index (Phi) is 6.66. The van der Waals surface area contributed by atoms with Gasteiger partial charge in [0.05, 0.1) is 13.2 Å². The smallest absolute Gasteiger partial charge is 0.433 e. The number of hydrogen-bond donors (Lipinski definition) is 1. The van der Waals surface area contributed by atoms with Crippen LogP contribution in [0.2, 0.25) is 0 Å². The molecular formula is C26H25F3N6O3. The van der Waals surface area contributed by atoms with Crippen molar-refractivity contribution in [3.8, 4) is 17.2 Å². The molecule has 1 aromatic carbocycles. The topological polar surface area (TPSA) is 111 Å². The number of amides is 1. The molecule has 1 fully saturated rings. The highest BCUT2D eigenvalue weighted by Crippen LogP contribution is 2.37. The molecule has 1 atom stereocenters. The first-order chi connectivity index (χ1) is 18.2. The highest BCUT2D eigenvalue weighted by molar-refractivity contribution is 5.98. The summed E-state index contributed by atoms with van der Waals surface area (Å²) >= 11 is 0. The van der Waals surface area contributed by atoms with Crippen molar-refractivity contribution in [1.29, 1.82) is 0 Å². The predicted octanol–water partition coefficient (Wildman–Crippen LogP) is 4.29.